The molecule has 4 aliphatic rings. The molecule has 2 aromatic carbocycles. The fourth-order valence-corrected chi connectivity index (χ4v) is 11.4. The molecule has 4 amide bonds. The third-order valence-corrected chi connectivity index (χ3v) is 14.9. The van der Waals surface area contributed by atoms with Gasteiger partial charge >= 0.3 is 12.1 Å². The van der Waals surface area contributed by atoms with E-state index in [-0.39, 0.29) is 49.1 Å². The number of nitrogens with zero attached hydrogens (tertiary/aromatic N) is 5. The highest BCUT2D eigenvalue weighted by atomic mass is 16.6. The smallest absolute Gasteiger partial charge is 0.410 e. The predicted molar refractivity (Wildman–Crippen MR) is 271 cm³/mol. The lowest BCUT2D eigenvalue weighted by molar-refractivity contribution is -0.155. The van der Waals surface area contributed by atoms with Crippen LogP contribution in [0.2, 0.25) is 0 Å². The van der Waals surface area contributed by atoms with Crippen molar-refractivity contribution < 1.29 is 33.4 Å². The topological polar surface area (TPSA) is 155 Å². The Bertz CT molecular complexity index is 2610. The monoisotopic (exact) mass is 958 g/mol. The zero-order valence-corrected chi connectivity index (χ0v) is 43.1. The number of nitrogens with one attached hydrogen (secondary N) is 2. The first-order valence-electron chi connectivity index (χ1n) is 25.7. The summed E-state index contributed by atoms with van der Waals surface area (Å²) in [7, 11) is 1.69. The standard InChI is InChI=1S/C56H75N7O7/c1-11-62-46-24-23-39-29-41(46)42(49(62)40-21-15-25-57-47(40)34(2)3)30-56(8,9)33-69-53(67)44-22-16-26-63(59-44)52(66)45(28-36-17-14-20-38(39)27-36)58-50(64)48(37-18-12-13-19-37)60(10)51(65)43-32-61(31-35(43)4)54(68)70-55(5,6)7/h14-15,17,20-21,23-25,27,29,34-35,37,43-45,48,59H,11-13,16,18-19,22,26,28,30-33H2,1-10H3,(H,58,64)/t35-,43+,44+,45+,48+/m1/s1. The molecule has 14 heteroatoms. The highest BCUT2D eigenvalue weighted by Crippen LogP contribution is 2.42. The Morgan fingerprint density at radius 1 is 0.986 bits per heavy atom. The van der Waals surface area contributed by atoms with Crippen molar-refractivity contribution in [2.45, 2.75) is 150 Å². The molecular weight excluding hydrogens is 883 g/mol. The van der Waals surface area contributed by atoms with Gasteiger partial charge in [0.1, 0.15) is 23.7 Å². The van der Waals surface area contributed by atoms with Gasteiger partial charge in [-0.15, -0.1) is 0 Å². The second-order valence-corrected chi connectivity index (χ2v) is 22.5. The van der Waals surface area contributed by atoms with Crippen LogP contribution in [0.25, 0.3) is 33.3 Å². The molecule has 2 aromatic heterocycles. The number of aromatic nitrogens is 2. The van der Waals surface area contributed by atoms with Crippen LogP contribution in [0.4, 0.5) is 4.79 Å². The Kier molecular flexibility index (Phi) is 14.8. The Hall–Kier alpha value is -5.76. The first kappa shape index (κ1) is 50.6. The molecule has 5 atom stereocenters. The molecule has 4 aromatic rings. The minimum absolute atomic E-state index is 0.111. The summed E-state index contributed by atoms with van der Waals surface area (Å²) in [5, 5.41) is 5.77. The van der Waals surface area contributed by atoms with Gasteiger partial charge in [-0.2, -0.15) is 0 Å². The second-order valence-electron chi connectivity index (χ2n) is 22.5. The molecule has 376 valence electrons. The highest BCUT2D eigenvalue weighted by molar-refractivity contribution is 5.96. The van der Waals surface area contributed by atoms with Gasteiger partial charge in [0.25, 0.3) is 5.91 Å². The maximum absolute atomic E-state index is 15.0. The number of cyclic esters (lactones) is 1. The molecule has 3 aliphatic heterocycles. The van der Waals surface area contributed by atoms with E-state index in [1.807, 2.05) is 52.1 Å². The SMILES string of the molecule is CCn1c(-c2cccnc2C(C)C)c2c3cc(ccc31)-c1cccc(c1)C[C@H](NC(=O)[C@H](C1CCCC1)N(C)C(=O)[C@H]1CN(C(=O)OC(C)(C)C)C[C@H]1C)C(=O)N1CCC[C@H](N1)C(=O)OCC(C)(C)C2. The molecule has 0 radical (unpaired) electrons. The molecule has 5 heterocycles. The van der Waals surface area contributed by atoms with Crippen molar-refractivity contribution in [3.63, 3.8) is 0 Å². The van der Waals surface area contributed by atoms with Crippen molar-refractivity contribution in [1.29, 1.82) is 0 Å². The van der Waals surface area contributed by atoms with Gasteiger partial charge in [-0.3, -0.25) is 29.2 Å². The molecule has 1 aliphatic carbocycles. The van der Waals surface area contributed by atoms with E-state index >= 15 is 4.79 Å². The van der Waals surface area contributed by atoms with Gasteiger partial charge in [0.05, 0.1) is 23.9 Å². The first-order chi connectivity index (χ1) is 33.2. The Morgan fingerprint density at radius 3 is 2.44 bits per heavy atom. The van der Waals surface area contributed by atoms with Gasteiger partial charge in [-0.1, -0.05) is 77.8 Å². The van der Waals surface area contributed by atoms with Crippen LogP contribution in [0.15, 0.2) is 60.8 Å². The lowest BCUT2D eigenvalue weighted by Crippen LogP contribution is -2.62. The van der Waals surface area contributed by atoms with Crippen LogP contribution < -0.4 is 10.7 Å². The van der Waals surface area contributed by atoms with Crippen molar-refractivity contribution in [3.05, 3.63) is 77.6 Å². The lowest BCUT2D eigenvalue weighted by atomic mass is 9.83. The highest BCUT2D eigenvalue weighted by Gasteiger charge is 2.45. The van der Waals surface area contributed by atoms with Crippen LogP contribution in [0.1, 0.15) is 124 Å². The minimum Gasteiger partial charge on any atom is -0.464 e. The zero-order chi connectivity index (χ0) is 50.2. The van der Waals surface area contributed by atoms with Crippen molar-refractivity contribution in [1.82, 2.24) is 35.1 Å². The van der Waals surface area contributed by atoms with Crippen molar-refractivity contribution >= 4 is 40.7 Å². The molecule has 6 bridgehead atoms. The number of carbonyl (C=O) groups excluding carboxylic acids is 5. The lowest BCUT2D eigenvalue weighted by Gasteiger charge is -2.37. The fraction of sp³-hybridized carbons (Fsp3) is 0.571. The number of likely N-dealkylation sites (N-methyl/N-ethyl adjacent to an activating group) is 1. The van der Waals surface area contributed by atoms with E-state index in [0.29, 0.717) is 32.4 Å². The number of rotatable bonds is 8. The van der Waals surface area contributed by atoms with E-state index < -0.39 is 53.0 Å². The Morgan fingerprint density at radius 2 is 1.73 bits per heavy atom. The van der Waals surface area contributed by atoms with E-state index in [2.05, 4.69) is 86.3 Å². The minimum atomic E-state index is -1.03. The maximum atomic E-state index is 15.0. The van der Waals surface area contributed by atoms with Crippen LogP contribution >= 0.6 is 0 Å². The quantitative estimate of drug-likeness (QED) is 0.165. The molecule has 14 nitrogen and oxygen atoms in total. The average molecular weight is 958 g/mol. The number of pyridine rings is 1. The third kappa shape index (κ3) is 10.8. The van der Waals surface area contributed by atoms with Gasteiger partial charge in [0.2, 0.25) is 11.8 Å². The molecule has 2 N–H and O–H groups in total. The number of aryl methyl sites for hydroxylation is 1. The van der Waals surface area contributed by atoms with Gasteiger partial charge in [0, 0.05) is 67.7 Å². The van der Waals surface area contributed by atoms with E-state index in [4.69, 9.17) is 14.5 Å². The number of esters is 1. The maximum Gasteiger partial charge on any atom is 0.410 e. The number of hydrogen-bond acceptors (Lipinski definition) is 9. The summed E-state index contributed by atoms with van der Waals surface area (Å²) in [6.45, 7) is 20.0. The van der Waals surface area contributed by atoms with Gasteiger partial charge in [-0.05, 0) is 124 Å². The molecular formula is C56H75N7O7. The molecule has 8 rings (SSSR count). The van der Waals surface area contributed by atoms with E-state index in [9.17, 15) is 19.2 Å². The zero-order valence-electron chi connectivity index (χ0n) is 43.1. The predicted octanol–water partition coefficient (Wildman–Crippen LogP) is 8.68. The van der Waals surface area contributed by atoms with E-state index in [1.165, 1.54) is 10.6 Å². The second kappa shape index (κ2) is 20.5. The molecule has 70 heavy (non-hydrogen) atoms. The number of fused-ring (bicyclic) bond motifs is 6. The van der Waals surface area contributed by atoms with Crippen LogP contribution in [-0.4, -0.2) is 111 Å². The largest absolute Gasteiger partial charge is 0.464 e. The van der Waals surface area contributed by atoms with Gasteiger partial charge in [0.15, 0.2) is 0 Å². The normalized spacial score (nSPS) is 22.7. The summed E-state index contributed by atoms with van der Waals surface area (Å²) in [5.41, 5.74) is 10.4. The first-order valence-corrected chi connectivity index (χ1v) is 25.7. The Labute approximate surface area is 414 Å². The number of likely N-dealkylation sites (tertiary alicyclic amines) is 1. The molecule has 0 spiro atoms. The van der Waals surface area contributed by atoms with Crippen LogP contribution in [0.3, 0.4) is 0 Å². The summed E-state index contributed by atoms with van der Waals surface area (Å²) in [4.78, 5) is 79.6. The van der Waals surface area contributed by atoms with E-state index in [0.717, 1.165) is 76.8 Å². The number of benzene rings is 2. The van der Waals surface area contributed by atoms with Crippen molar-refractivity contribution in [2.24, 2.45) is 23.2 Å². The number of hydrazine groups is 1. The van der Waals surface area contributed by atoms with Crippen LogP contribution in [0.5, 0.6) is 0 Å². The van der Waals surface area contributed by atoms with Crippen molar-refractivity contribution in [3.8, 4) is 22.4 Å². The van der Waals surface area contributed by atoms with Crippen LogP contribution in [0, 0.1) is 23.2 Å². The number of hydrogen-bond donors (Lipinski definition) is 2. The van der Waals surface area contributed by atoms with Gasteiger partial charge < -0.3 is 29.2 Å². The Balaban J connectivity index is 1.16. The van der Waals surface area contributed by atoms with E-state index in [1.54, 1.807) is 16.8 Å². The summed E-state index contributed by atoms with van der Waals surface area (Å²) >= 11 is 0. The van der Waals surface area contributed by atoms with Gasteiger partial charge in [-0.25, -0.2) is 10.2 Å². The molecule has 0 unspecified atom stereocenters. The summed E-state index contributed by atoms with van der Waals surface area (Å²) in [6.07, 6.45) is 6.65. The van der Waals surface area contributed by atoms with Crippen molar-refractivity contribution in [2.75, 3.05) is 33.3 Å². The van der Waals surface area contributed by atoms with Crippen LogP contribution in [-0.2, 0) is 48.0 Å². The summed E-state index contributed by atoms with van der Waals surface area (Å²) in [6, 6.07) is 16.3. The number of carbonyl (C=O) groups is 5. The molecule has 3 fully saturated rings. The average Bonchev–Trinajstić information content (AvgIpc) is 4.07. The summed E-state index contributed by atoms with van der Waals surface area (Å²) in [5.74, 6) is -2.00. The molecule has 1 saturated carbocycles. The summed E-state index contributed by atoms with van der Waals surface area (Å²) < 4.78 is 14.2. The number of ether oxygens (including phenoxy) is 2. The molecule has 2 saturated heterocycles. The third-order valence-electron chi connectivity index (χ3n) is 14.9. The number of amides is 4. The fourth-order valence-electron chi connectivity index (χ4n) is 11.4.